The third-order valence-electron chi connectivity index (χ3n) is 4.88. The predicted octanol–water partition coefficient (Wildman–Crippen LogP) is 2.90. The SMILES string of the molecule is CC(NCC(C)(C)N1CCc2ccccc2C1)C(=O)Nc1nccs1. The van der Waals surface area contributed by atoms with Crippen LogP contribution in [0.3, 0.4) is 0 Å². The molecule has 2 heterocycles. The Morgan fingerprint density at radius 3 is 2.84 bits per heavy atom. The molecule has 2 aromatic rings. The van der Waals surface area contributed by atoms with Crippen LogP contribution in [-0.4, -0.2) is 40.5 Å². The van der Waals surface area contributed by atoms with Gasteiger partial charge in [-0.1, -0.05) is 24.3 Å². The highest BCUT2D eigenvalue weighted by molar-refractivity contribution is 7.13. The molecule has 0 bridgehead atoms. The fourth-order valence-electron chi connectivity index (χ4n) is 3.12. The van der Waals surface area contributed by atoms with Gasteiger partial charge in [0.1, 0.15) is 0 Å². The van der Waals surface area contributed by atoms with E-state index in [1.165, 1.54) is 22.5 Å². The van der Waals surface area contributed by atoms with Gasteiger partial charge in [0, 0.05) is 36.8 Å². The number of benzene rings is 1. The van der Waals surface area contributed by atoms with E-state index in [-0.39, 0.29) is 17.5 Å². The van der Waals surface area contributed by atoms with Crippen molar-refractivity contribution in [2.75, 3.05) is 18.4 Å². The first-order chi connectivity index (χ1) is 12.0. The van der Waals surface area contributed by atoms with Crippen molar-refractivity contribution in [1.29, 1.82) is 0 Å². The second-order valence-corrected chi connectivity index (χ2v) is 8.08. The number of amides is 1. The van der Waals surface area contributed by atoms with Crippen LogP contribution in [-0.2, 0) is 17.8 Å². The van der Waals surface area contributed by atoms with Crippen molar-refractivity contribution >= 4 is 22.4 Å². The van der Waals surface area contributed by atoms with E-state index in [0.717, 1.165) is 26.1 Å². The quantitative estimate of drug-likeness (QED) is 0.834. The molecule has 1 unspecified atom stereocenters. The first-order valence-electron chi connectivity index (χ1n) is 8.71. The van der Waals surface area contributed by atoms with Crippen molar-refractivity contribution in [2.24, 2.45) is 0 Å². The van der Waals surface area contributed by atoms with Gasteiger partial charge in [-0.15, -0.1) is 11.3 Å². The van der Waals surface area contributed by atoms with E-state index in [2.05, 4.69) is 58.6 Å². The molecule has 1 aliphatic heterocycles. The van der Waals surface area contributed by atoms with E-state index in [9.17, 15) is 4.79 Å². The van der Waals surface area contributed by atoms with E-state index in [1.807, 2.05) is 12.3 Å². The molecule has 5 nitrogen and oxygen atoms in total. The second kappa shape index (κ2) is 7.64. The summed E-state index contributed by atoms with van der Waals surface area (Å²) in [7, 11) is 0. The zero-order valence-corrected chi connectivity index (χ0v) is 15.9. The highest BCUT2D eigenvalue weighted by Crippen LogP contribution is 2.25. The number of anilines is 1. The van der Waals surface area contributed by atoms with Crippen molar-refractivity contribution in [1.82, 2.24) is 15.2 Å². The van der Waals surface area contributed by atoms with Crippen LogP contribution in [0.15, 0.2) is 35.8 Å². The number of hydrogen-bond donors (Lipinski definition) is 2. The first kappa shape index (κ1) is 18.0. The fourth-order valence-corrected chi connectivity index (χ4v) is 3.65. The summed E-state index contributed by atoms with van der Waals surface area (Å²) >= 11 is 1.43. The van der Waals surface area contributed by atoms with E-state index in [1.54, 1.807) is 6.20 Å². The molecule has 1 aliphatic rings. The van der Waals surface area contributed by atoms with Gasteiger partial charge in [0.2, 0.25) is 5.91 Å². The summed E-state index contributed by atoms with van der Waals surface area (Å²) in [4.78, 5) is 18.8. The number of fused-ring (bicyclic) bond motifs is 1. The number of nitrogens with zero attached hydrogens (tertiary/aromatic N) is 2. The van der Waals surface area contributed by atoms with Gasteiger partial charge in [0.15, 0.2) is 5.13 Å². The molecule has 0 aliphatic carbocycles. The summed E-state index contributed by atoms with van der Waals surface area (Å²) in [6, 6.07) is 8.40. The summed E-state index contributed by atoms with van der Waals surface area (Å²) < 4.78 is 0. The average molecular weight is 359 g/mol. The topological polar surface area (TPSA) is 57.3 Å². The number of carbonyl (C=O) groups is 1. The third-order valence-corrected chi connectivity index (χ3v) is 5.57. The van der Waals surface area contributed by atoms with Gasteiger partial charge in [-0.2, -0.15) is 0 Å². The van der Waals surface area contributed by atoms with Crippen LogP contribution in [0.25, 0.3) is 0 Å². The number of carbonyl (C=O) groups excluding carboxylic acids is 1. The lowest BCUT2D eigenvalue weighted by Gasteiger charge is -2.42. The Balaban J connectivity index is 1.54. The van der Waals surface area contributed by atoms with Gasteiger partial charge >= 0.3 is 0 Å². The minimum Gasteiger partial charge on any atom is -0.304 e. The van der Waals surface area contributed by atoms with E-state index in [0.29, 0.717) is 5.13 Å². The molecule has 1 aromatic heterocycles. The summed E-state index contributed by atoms with van der Waals surface area (Å²) in [6.45, 7) is 9.13. The van der Waals surface area contributed by atoms with Crippen LogP contribution < -0.4 is 10.6 Å². The number of thiazole rings is 1. The molecule has 1 atom stereocenters. The lowest BCUT2D eigenvalue weighted by atomic mass is 9.94. The normalized spacial score (nSPS) is 16.3. The predicted molar refractivity (Wildman–Crippen MR) is 103 cm³/mol. The summed E-state index contributed by atoms with van der Waals surface area (Å²) in [5.74, 6) is -0.0465. The smallest absolute Gasteiger partial charge is 0.243 e. The molecule has 1 amide bonds. The Morgan fingerprint density at radius 2 is 2.12 bits per heavy atom. The molecule has 0 radical (unpaired) electrons. The van der Waals surface area contributed by atoms with Crippen LogP contribution >= 0.6 is 11.3 Å². The molecule has 0 fully saturated rings. The zero-order chi connectivity index (χ0) is 17.9. The lowest BCUT2D eigenvalue weighted by molar-refractivity contribution is -0.117. The van der Waals surface area contributed by atoms with Crippen molar-refractivity contribution in [3.63, 3.8) is 0 Å². The maximum Gasteiger partial charge on any atom is 0.243 e. The molecule has 0 spiro atoms. The van der Waals surface area contributed by atoms with Crippen LogP contribution in [0.1, 0.15) is 31.9 Å². The van der Waals surface area contributed by atoms with E-state index in [4.69, 9.17) is 0 Å². The maximum absolute atomic E-state index is 12.2. The van der Waals surface area contributed by atoms with Gasteiger partial charge in [0.05, 0.1) is 6.04 Å². The molecule has 2 N–H and O–H groups in total. The van der Waals surface area contributed by atoms with Crippen LogP contribution in [0.2, 0.25) is 0 Å². The Morgan fingerprint density at radius 1 is 1.36 bits per heavy atom. The molecular weight excluding hydrogens is 332 g/mol. The largest absolute Gasteiger partial charge is 0.304 e. The van der Waals surface area contributed by atoms with E-state index < -0.39 is 0 Å². The molecule has 1 aromatic carbocycles. The van der Waals surface area contributed by atoms with Crippen LogP contribution in [0.4, 0.5) is 5.13 Å². The van der Waals surface area contributed by atoms with Gasteiger partial charge < -0.3 is 10.6 Å². The Bertz CT molecular complexity index is 714. The first-order valence-corrected chi connectivity index (χ1v) is 9.59. The fraction of sp³-hybridized carbons (Fsp3) is 0.474. The Labute approximate surface area is 153 Å². The van der Waals surface area contributed by atoms with Crippen molar-refractivity contribution in [3.05, 3.63) is 47.0 Å². The Hall–Kier alpha value is -1.76. The van der Waals surface area contributed by atoms with Crippen molar-refractivity contribution in [3.8, 4) is 0 Å². The average Bonchev–Trinajstić information content (AvgIpc) is 3.12. The van der Waals surface area contributed by atoms with Crippen LogP contribution in [0.5, 0.6) is 0 Å². The van der Waals surface area contributed by atoms with Gasteiger partial charge in [0.25, 0.3) is 0 Å². The number of nitrogens with one attached hydrogen (secondary N) is 2. The molecule has 25 heavy (non-hydrogen) atoms. The number of rotatable bonds is 6. The highest BCUT2D eigenvalue weighted by atomic mass is 32.1. The van der Waals surface area contributed by atoms with Gasteiger partial charge in [-0.25, -0.2) is 4.98 Å². The molecule has 134 valence electrons. The summed E-state index contributed by atoms with van der Waals surface area (Å²) in [6.07, 6.45) is 2.77. The molecule has 0 saturated carbocycles. The molecular formula is C19H26N4OS. The maximum atomic E-state index is 12.2. The number of aromatic nitrogens is 1. The minimum absolute atomic E-state index is 0.0246. The monoisotopic (exact) mass is 358 g/mol. The minimum atomic E-state index is -0.264. The Kier molecular flexibility index (Phi) is 5.51. The van der Waals surface area contributed by atoms with Crippen LogP contribution in [0, 0.1) is 0 Å². The van der Waals surface area contributed by atoms with Crippen molar-refractivity contribution < 1.29 is 4.79 Å². The molecule has 0 saturated heterocycles. The van der Waals surface area contributed by atoms with E-state index >= 15 is 0 Å². The number of hydrogen-bond acceptors (Lipinski definition) is 5. The van der Waals surface area contributed by atoms with Crippen molar-refractivity contribution in [2.45, 2.75) is 45.3 Å². The summed E-state index contributed by atoms with van der Waals surface area (Å²) in [5, 5.41) is 8.72. The molecule has 3 rings (SSSR count). The standard InChI is InChI=1S/C19H26N4OS/c1-14(17(24)22-18-20-9-11-25-18)21-13-19(2,3)23-10-8-15-6-4-5-7-16(15)12-23/h4-7,9,11,14,21H,8,10,12-13H2,1-3H3,(H,20,22,24). The second-order valence-electron chi connectivity index (χ2n) is 7.18. The zero-order valence-electron chi connectivity index (χ0n) is 15.1. The third kappa shape index (κ3) is 4.45. The lowest BCUT2D eigenvalue weighted by Crippen LogP contribution is -2.54. The van der Waals surface area contributed by atoms with Gasteiger partial charge in [-0.05, 0) is 38.3 Å². The molecule has 6 heteroatoms. The highest BCUT2D eigenvalue weighted by Gasteiger charge is 2.30. The van der Waals surface area contributed by atoms with Gasteiger partial charge in [-0.3, -0.25) is 9.69 Å². The summed E-state index contributed by atoms with van der Waals surface area (Å²) in [5.41, 5.74) is 2.85.